The molecule has 0 saturated heterocycles. The second-order valence-corrected chi connectivity index (χ2v) is 5.94. The Hall–Kier alpha value is -2.40. The van der Waals surface area contributed by atoms with E-state index in [4.69, 9.17) is 26.8 Å². The SMILES string of the molecule is COc1cc(N)c(Cl)cc1C(=O)NCC(C)Oc1cccc(C)c1. The fourth-order valence-electron chi connectivity index (χ4n) is 2.21. The van der Waals surface area contributed by atoms with E-state index in [2.05, 4.69) is 5.32 Å². The van der Waals surface area contributed by atoms with Gasteiger partial charge >= 0.3 is 0 Å². The number of nitrogens with two attached hydrogens (primary N) is 1. The fourth-order valence-corrected chi connectivity index (χ4v) is 2.37. The molecule has 3 N–H and O–H groups in total. The summed E-state index contributed by atoms with van der Waals surface area (Å²) in [5, 5.41) is 3.12. The van der Waals surface area contributed by atoms with Crippen LogP contribution in [-0.4, -0.2) is 25.7 Å². The summed E-state index contributed by atoms with van der Waals surface area (Å²) in [4.78, 5) is 12.4. The molecule has 24 heavy (non-hydrogen) atoms. The topological polar surface area (TPSA) is 73.6 Å². The van der Waals surface area contributed by atoms with Gasteiger partial charge in [-0.1, -0.05) is 23.7 Å². The number of rotatable bonds is 6. The van der Waals surface area contributed by atoms with Crippen molar-refractivity contribution in [1.82, 2.24) is 5.32 Å². The summed E-state index contributed by atoms with van der Waals surface area (Å²) in [6.45, 7) is 4.23. The number of hydrogen-bond acceptors (Lipinski definition) is 4. The van der Waals surface area contributed by atoms with Crippen molar-refractivity contribution < 1.29 is 14.3 Å². The number of anilines is 1. The third-order valence-electron chi connectivity index (χ3n) is 3.44. The van der Waals surface area contributed by atoms with Gasteiger partial charge in [0.1, 0.15) is 17.6 Å². The molecule has 0 spiro atoms. The number of amides is 1. The van der Waals surface area contributed by atoms with Crippen molar-refractivity contribution in [1.29, 1.82) is 0 Å². The Balaban J connectivity index is 1.99. The lowest BCUT2D eigenvalue weighted by molar-refractivity contribution is 0.0929. The highest BCUT2D eigenvalue weighted by atomic mass is 35.5. The van der Waals surface area contributed by atoms with Crippen LogP contribution in [0.15, 0.2) is 36.4 Å². The Labute approximate surface area is 146 Å². The van der Waals surface area contributed by atoms with Gasteiger partial charge in [0.05, 0.1) is 29.9 Å². The summed E-state index contributed by atoms with van der Waals surface area (Å²) in [5.74, 6) is 0.847. The summed E-state index contributed by atoms with van der Waals surface area (Å²) < 4.78 is 11.0. The lowest BCUT2D eigenvalue weighted by atomic mass is 10.1. The number of ether oxygens (including phenoxy) is 2. The minimum atomic E-state index is -0.298. The zero-order valence-corrected chi connectivity index (χ0v) is 14.7. The average molecular weight is 349 g/mol. The zero-order valence-electron chi connectivity index (χ0n) is 13.9. The molecule has 5 nitrogen and oxygen atoms in total. The Bertz CT molecular complexity index is 734. The molecule has 2 rings (SSSR count). The maximum Gasteiger partial charge on any atom is 0.255 e. The maximum absolute atomic E-state index is 12.4. The van der Waals surface area contributed by atoms with Crippen molar-refractivity contribution in [2.24, 2.45) is 0 Å². The van der Waals surface area contributed by atoms with E-state index in [9.17, 15) is 4.79 Å². The molecule has 2 aromatic rings. The number of hydrogen-bond donors (Lipinski definition) is 2. The second kappa shape index (κ2) is 7.93. The normalized spacial score (nSPS) is 11.7. The lowest BCUT2D eigenvalue weighted by Gasteiger charge is -2.17. The first kappa shape index (κ1) is 17.9. The van der Waals surface area contributed by atoms with E-state index in [0.717, 1.165) is 11.3 Å². The van der Waals surface area contributed by atoms with E-state index in [-0.39, 0.29) is 12.0 Å². The Morgan fingerprint density at radius 2 is 2.08 bits per heavy atom. The Morgan fingerprint density at radius 3 is 2.75 bits per heavy atom. The molecule has 0 aromatic heterocycles. The molecule has 0 heterocycles. The number of nitrogen functional groups attached to an aromatic ring is 1. The van der Waals surface area contributed by atoms with Crippen LogP contribution in [0.5, 0.6) is 11.5 Å². The van der Waals surface area contributed by atoms with Crippen LogP contribution in [0.3, 0.4) is 0 Å². The number of aryl methyl sites for hydroxylation is 1. The smallest absolute Gasteiger partial charge is 0.255 e. The molecule has 6 heteroatoms. The van der Waals surface area contributed by atoms with Gasteiger partial charge in [-0.25, -0.2) is 0 Å². The molecule has 0 radical (unpaired) electrons. The van der Waals surface area contributed by atoms with Crippen LogP contribution in [0.1, 0.15) is 22.8 Å². The van der Waals surface area contributed by atoms with E-state index in [1.807, 2.05) is 38.1 Å². The van der Waals surface area contributed by atoms with Crippen LogP contribution < -0.4 is 20.5 Å². The molecule has 2 aromatic carbocycles. The van der Waals surface area contributed by atoms with E-state index < -0.39 is 0 Å². The zero-order chi connectivity index (χ0) is 17.7. The molecule has 1 atom stereocenters. The molecule has 0 bridgehead atoms. The quantitative estimate of drug-likeness (QED) is 0.784. The van der Waals surface area contributed by atoms with Crippen molar-refractivity contribution in [2.45, 2.75) is 20.0 Å². The van der Waals surface area contributed by atoms with Gasteiger partial charge in [-0.15, -0.1) is 0 Å². The molecule has 1 amide bonds. The predicted octanol–water partition coefficient (Wildman–Crippen LogP) is 3.44. The highest BCUT2D eigenvalue weighted by Gasteiger charge is 2.16. The van der Waals surface area contributed by atoms with Gasteiger partial charge in [-0.05, 0) is 37.6 Å². The molecular weight excluding hydrogens is 328 g/mol. The van der Waals surface area contributed by atoms with E-state index in [1.165, 1.54) is 19.2 Å². The Morgan fingerprint density at radius 1 is 1.33 bits per heavy atom. The van der Waals surface area contributed by atoms with E-state index >= 15 is 0 Å². The molecule has 0 fully saturated rings. The summed E-state index contributed by atoms with van der Waals surface area (Å²) in [6, 6.07) is 10.8. The Kier molecular flexibility index (Phi) is 5.93. The molecule has 0 aliphatic carbocycles. The van der Waals surface area contributed by atoms with Crippen molar-refractivity contribution in [2.75, 3.05) is 19.4 Å². The highest BCUT2D eigenvalue weighted by molar-refractivity contribution is 6.33. The van der Waals surface area contributed by atoms with Crippen LogP contribution >= 0.6 is 11.6 Å². The number of methoxy groups -OCH3 is 1. The van der Waals surface area contributed by atoms with Crippen molar-refractivity contribution in [3.8, 4) is 11.5 Å². The van der Waals surface area contributed by atoms with Gasteiger partial charge in [0.2, 0.25) is 0 Å². The summed E-state index contributed by atoms with van der Waals surface area (Å²) in [5.41, 5.74) is 7.53. The first-order valence-corrected chi connectivity index (χ1v) is 7.93. The van der Waals surface area contributed by atoms with Gasteiger partial charge < -0.3 is 20.5 Å². The van der Waals surface area contributed by atoms with Gasteiger partial charge in [-0.2, -0.15) is 0 Å². The highest BCUT2D eigenvalue weighted by Crippen LogP contribution is 2.28. The first-order valence-electron chi connectivity index (χ1n) is 7.55. The van der Waals surface area contributed by atoms with Gasteiger partial charge in [-0.3, -0.25) is 4.79 Å². The van der Waals surface area contributed by atoms with Crippen LogP contribution in [0.4, 0.5) is 5.69 Å². The van der Waals surface area contributed by atoms with Gasteiger partial charge in [0.25, 0.3) is 5.91 Å². The largest absolute Gasteiger partial charge is 0.496 e. The number of benzene rings is 2. The maximum atomic E-state index is 12.4. The van der Waals surface area contributed by atoms with Gasteiger partial charge in [0, 0.05) is 6.07 Å². The molecule has 128 valence electrons. The van der Waals surface area contributed by atoms with E-state index in [0.29, 0.717) is 28.6 Å². The number of nitrogens with one attached hydrogen (secondary N) is 1. The second-order valence-electron chi connectivity index (χ2n) is 5.53. The minimum Gasteiger partial charge on any atom is -0.496 e. The standard InChI is InChI=1S/C18H21ClN2O3/c1-11-5-4-6-13(7-11)24-12(2)10-21-18(22)14-8-15(19)16(20)9-17(14)23-3/h4-9,12H,10,20H2,1-3H3,(H,21,22). The lowest BCUT2D eigenvalue weighted by Crippen LogP contribution is -2.33. The van der Waals surface area contributed by atoms with E-state index in [1.54, 1.807) is 0 Å². The predicted molar refractivity (Wildman–Crippen MR) is 96.0 cm³/mol. The summed E-state index contributed by atoms with van der Waals surface area (Å²) in [6.07, 6.45) is -0.189. The molecule has 1 unspecified atom stereocenters. The van der Waals surface area contributed by atoms with Crippen molar-refractivity contribution in [3.63, 3.8) is 0 Å². The number of carbonyl (C=O) groups excluding carboxylic acids is 1. The van der Waals surface area contributed by atoms with Crippen LogP contribution in [-0.2, 0) is 0 Å². The van der Waals surface area contributed by atoms with Crippen molar-refractivity contribution in [3.05, 3.63) is 52.5 Å². The third-order valence-corrected chi connectivity index (χ3v) is 3.77. The minimum absolute atomic E-state index is 0.189. The molecule has 0 saturated carbocycles. The molecule has 0 aliphatic rings. The van der Waals surface area contributed by atoms with Crippen LogP contribution in [0.25, 0.3) is 0 Å². The number of carbonyl (C=O) groups is 1. The molecular formula is C18H21ClN2O3. The van der Waals surface area contributed by atoms with Crippen LogP contribution in [0, 0.1) is 6.92 Å². The summed E-state index contributed by atoms with van der Waals surface area (Å²) >= 11 is 5.99. The first-order chi connectivity index (χ1) is 11.4. The van der Waals surface area contributed by atoms with Gasteiger partial charge in [0.15, 0.2) is 0 Å². The van der Waals surface area contributed by atoms with Crippen LogP contribution in [0.2, 0.25) is 5.02 Å². The molecule has 0 aliphatic heterocycles. The monoisotopic (exact) mass is 348 g/mol. The average Bonchev–Trinajstić information content (AvgIpc) is 2.54. The third kappa shape index (κ3) is 4.55. The van der Waals surface area contributed by atoms with Crippen molar-refractivity contribution >= 4 is 23.2 Å². The fraction of sp³-hybridized carbons (Fsp3) is 0.278. The summed E-state index contributed by atoms with van der Waals surface area (Å²) in [7, 11) is 1.48. The number of halogens is 1.